The smallest absolute Gasteiger partial charge is 0.126 e. The first-order valence-electron chi connectivity index (χ1n) is 5.08. The number of hydrazine groups is 1. The lowest BCUT2D eigenvalue weighted by atomic mass is 10.0. The molecule has 15 heavy (non-hydrogen) atoms. The third kappa shape index (κ3) is 3.81. The van der Waals surface area contributed by atoms with E-state index < -0.39 is 0 Å². The van der Waals surface area contributed by atoms with E-state index in [9.17, 15) is 4.39 Å². The van der Waals surface area contributed by atoms with Crippen LogP contribution in [0.15, 0.2) is 36.9 Å². The number of allylic oxidation sites excluding steroid dienone is 1. The number of hydrogen-bond donors (Lipinski definition) is 2. The molecule has 0 aliphatic rings. The van der Waals surface area contributed by atoms with Crippen LogP contribution in [0.2, 0.25) is 0 Å². The summed E-state index contributed by atoms with van der Waals surface area (Å²) in [5.41, 5.74) is 3.40. The number of hydrogen-bond acceptors (Lipinski definition) is 2. The Morgan fingerprint density at radius 1 is 1.47 bits per heavy atom. The molecule has 0 amide bonds. The number of nitrogens with one attached hydrogen (secondary N) is 1. The minimum Gasteiger partial charge on any atom is -0.271 e. The van der Waals surface area contributed by atoms with Gasteiger partial charge in [0.2, 0.25) is 0 Å². The van der Waals surface area contributed by atoms with E-state index in [0.717, 1.165) is 12.8 Å². The average Bonchev–Trinajstić information content (AvgIpc) is 2.26. The Kier molecular flexibility index (Phi) is 5.01. The molecule has 0 radical (unpaired) electrons. The van der Waals surface area contributed by atoms with Gasteiger partial charge in [0, 0.05) is 6.04 Å². The molecule has 0 fully saturated rings. The van der Waals surface area contributed by atoms with Crippen molar-refractivity contribution in [2.24, 2.45) is 5.84 Å². The summed E-state index contributed by atoms with van der Waals surface area (Å²) in [7, 11) is 0. The summed E-state index contributed by atoms with van der Waals surface area (Å²) in [5.74, 6) is 5.23. The van der Waals surface area contributed by atoms with Crippen molar-refractivity contribution in [1.29, 1.82) is 0 Å². The number of nitrogens with two attached hydrogens (primary N) is 1. The highest BCUT2D eigenvalue weighted by atomic mass is 19.1. The van der Waals surface area contributed by atoms with Crippen LogP contribution in [-0.4, -0.2) is 6.04 Å². The van der Waals surface area contributed by atoms with E-state index in [1.54, 1.807) is 12.1 Å². The van der Waals surface area contributed by atoms with E-state index in [4.69, 9.17) is 5.84 Å². The maximum Gasteiger partial charge on any atom is 0.126 e. The first-order chi connectivity index (χ1) is 7.27. The first kappa shape index (κ1) is 11.9. The summed E-state index contributed by atoms with van der Waals surface area (Å²) in [4.78, 5) is 0. The van der Waals surface area contributed by atoms with Gasteiger partial charge >= 0.3 is 0 Å². The van der Waals surface area contributed by atoms with Gasteiger partial charge in [0.1, 0.15) is 5.82 Å². The van der Waals surface area contributed by atoms with Gasteiger partial charge in [-0.3, -0.25) is 11.3 Å². The largest absolute Gasteiger partial charge is 0.271 e. The van der Waals surface area contributed by atoms with E-state index in [-0.39, 0.29) is 11.9 Å². The maximum absolute atomic E-state index is 13.3. The molecule has 1 aromatic carbocycles. The summed E-state index contributed by atoms with van der Waals surface area (Å²) in [6.45, 7) is 3.65. The van der Waals surface area contributed by atoms with E-state index in [1.165, 1.54) is 6.07 Å². The maximum atomic E-state index is 13.3. The molecule has 0 saturated carbocycles. The van der Waals surface area contributed by atoms with Crippen molar-refractivity contribution in [3.63, 3.8) is 0 Å². The van der Waals surface area contributed by atoms with Crippen LogP contribution >= 0.6 is 0 Å². The van der Waals surface area contributed by atoms with Gasteiger partial charge in [-0.2, -0.15) is 0 Å². The summed E-state index contributed by atoms with van der Waals surface area (Å²) >= 11 is 0. The predicted molar refractivity (Wildman–Crippen MR) is 60.6 cm³/mol. The van der Waals surface area contributed by atoms with Crippen molar-refractivity contribution in [2.45, 2.75) is 25.3 Å². The van der Waals surface area contributed by atoms with Crippen LogP contribution in [0.4, 0.5) is 4.39 Å². The minimum atomic E-state index is -0.170. The molecule has 1 unspecified atom stereocenters. The number of halogens is 1. The van der Waals surface area contributed by atoms with Crippen molar-refractivity contribution in [2.75, 3.05) is 0 Å². The second-order valence-electron chi connectivity index (χ2n) is 3.53. The van der Waals surface area contributed by atoms with E-state index in [0.29, 0.717) is 12.0 Å². The zero-order valence-corrected chi connectivity index (χ0v) is 8.75. The van der Waals surface area contributed by atoms with Gasteiger partial charge in [0.25, 0.3) is 0 Å². The summed E-state index contributed by atoms with van der Waals surface area (Å²) in [6.07, 6.45) is 4.19. The molecular formula is C12H17FN2. The van der Waals surface area contributed by atoms with Crippen molar-refractivity contribution in [1.82, 2.24) is 5.43 Å². The molecule has 0 aliphatic carbocycles. The highest BCUT2D eigenvalue weighted by Gasteiger charge is 2.09. The molecule has 1 rings (SSSR count). The van der Waals surface area contributed by atoms with Crippen LogP contribution in [0.25, 0.3) is 0 Å². The zero-order chi connectivity index (χ0) is 11.1. The highest BCUT2D eigenvalue weighted by Crippen LogP contribution is 2.11. The van der Waals surface area contributed by atoms with Crippen LogP contribution < -0.4 is 11.3 Å². The van der Waals surface area contributed by atoms with Gasteiger partial charge in [-0.25, -0.2) is 4.39 Å². The lowest BCUT2D eigenvalue weighted by Crippen LogP contribution is -2.36. The molecular weight excluding hydrogens is 191 g/mol. The predicted octanol–water partition coefficient (Wildman–Crippen LogP) is 2.17. The zero-order valence-electron chi connectivity index (χ0n) is 8.75. The van der Waals surface area contributed by atoms with Gasteiger partial charge in [0.15, 0.2) is 0 Å². The normalized spacial score (nSPS) is 12.4. The SMILES string of the molecule is C=CCCC(Cc1ccccc1F)NN. The van der Waals surface area contributed by atoms with Crippen molar-refractivity contribution in [3.8, 4) is 0 Å². The molecule has 1 atom stereocenters. The Balaban J connectivity index is 2.58. The standard InChI is InChI=1S/C12H17FN2/c1-2-3-7-11(15-14)9-10-6-4-5-8-12(10)13/h2,4-6,8,11,15H,1,3,7,9,14H2. The van der Waals surface area contributed by atoms with Crippen LogP contribution in [-0.2, 0) is 6.42 Å². The summed E-state index contributed by atoms with van der Waals surface area (Å²) < 4.78 is 13.3. The van der Waals surface area contributed by atoms with Crippen molar-refractivity contribution >= 4 is 0 Å². The molecule has 0 bridgehead atoms. The molecule has 3 N–H and O–H groups in total. The van der Waals surface area contributed by atoms with Gasteiger partial charge in [-0.1, -0.05) is 24.3 Å². The summed E-state index contributed by atoms with van der Waals surface area (Å²) in [5, 5.41) is 0. The molecule has 1 aromatic rings. The molecule has 2 nitrogen and oxygen atoms in total. The van der Waals surface area contributed by atoms with Crippen LogP contribution in [0, 0.1) is 5.82 Å². The van der Waals surface area contributed by atoms with Gasteiger partial charge < -0.3 is 0 Å². The second kappa shape index (κ2) is 6.32. The molecule has 82 valence electrons. The van der Waals surface area contributed by atoms with E-state index in [2.05, 4.69) is 12.0 Å². The quantitative estimate of drug-likeness (QED) is 0.427. The van der Waals surface area contributed by atoms with Gasteiger partial charge in [-0.05, 0) is 30.9 Å². The summed E-state index contributed by atoms with van der Waals surface area (Å²) in [6, 6.07) is 6.87. The molecule has 3 heteroatoms. The number of benzene rings is 1. The Labute approximate surface area is 90.0 Å². The lowest BCUT2D eigenvalue weighted by Gasteiger charge is -2.15. The molecule has 0 heterocycles. The Bertz CT molecular complexity index is 312. The molecule has 0 spiro atoms. The van der Waals surface area contributed by atoms with Crippen LogP contribution in [0.1, 0.15) is 18.4 Å². The lowest BCUT2D eigenvalue weighted by molar-refractivity contribution is 0.483. The van der Waals surface area contributed by atoms with Crippen LogP contribution in [0.5, 0.6) is 0 Å². The fraction of sp³-hybridized carbons (Fsp3) is 0.333. The van der Waals surface area contributed by atoms with Gasteiger partial charge in [-0.15, -0.1) is 6.58 Å². The topological polar surface area (TPSA) is 38.0 Å². The fourth-order valence-corrected chi connectivity index (χ4v) is 1.49. The molecule has 0 aliphatic heterocycles. The van der Waals surface area contributed by atoms with Crippen LogP contribution in [0.3, 0.4) is 0 Å². The van der Waals surface area contributed by atoms with Crippen molar-refractivity contribution in [3.05, 3.63) is 48.3 Å². The number of rotatable bonds is 6. The Morgan fingerprint density at radius 3 is 2.80 bits per heavy atom. The average molecular weight is 208 g/mol. The monoisotopic (exact) mass is 208 g/mol. The second-order valence-corrected chi connectivity index (χ2v) is 3.53. The Hall–Kier alpha value is -1.19. The minimum absolute atomic E-state index is 0.0971. The highest BCUT2D eigenvalue weighted by molar-refractivity contribution is 5.18. The molecule has 0 saturated heterocycles. The first-order valence-corrected chi connectivity index (χ1v) is 5.08. The third-order valence-electron chi connectivity index (χ3n) is 2.38. The van der Waals surface area contributed by atoms with E-state index >= 15 is 0 Å². The Morgan fingerprint density at radius 2 is 2.20 bits per heavy atom. The fourth-order valence-electron chi connectivity index (χ4n) is 1.49. The van der Waals surface area contributed by atoms with Crippen molar-refractivity contribution < 1.29 is 4.39 Å². The third-order valence-corrected chi connectivity index (χ3v) is 2.38. The molecule has 0 aromatic heterocycles. The van der Waals surface area contributed by atoms with Gasteiger partial charge in [0.05, 0.1) is 0 Å². The van der Waals surface area contributed by atoms with E-state index in [1.807, 2.05) is 12.1 Å².